The molecule has 0 fully saturated rings. The van der Waals surface area contributed by atoms with Gasteiger partial charge in [0.15, 0.2) is 28.6 Å². The van der Waals surface area contributed by atoms with Gasteiger partial charge in [-0.3, -0.25) is 0 Å². The molecule has 4 rings (SSSR count). The Morgan fingerprint density at radius 2 is 1.94 bits per heavy atom. The minimum Gasteiger partial charge on any atom is -0.463 e. The molecule has 0 aliphatic rings. The van der Waals surface area contributed by atoms with Crippen LogP contribution in [0, 0.1) is 0 Å². The van der Waals surface area contributed by atoms with Crippen LogP contribution in [-0.2, 0) is 13.0 Å². The zero-order valence-corrected chi connectivity index (χ0v) is 17.7. The highest BCUT2D eigenvalue weighted by molar-refractivity contribution is 5.85. The van der Waals surface area contributed by atoms with E-state index in [9.17, 15) is 0 Å². The normalized spacial score (nSPS) is 11.5. The number of benzene rings is 1. The molecule has 7 heteroatoms. The molecule has 3 heterocycles. The minimum atomic E-state index is 0.263. The Hall–Kier alpha value is -3.61. The summed E-state index contributed by atoms with van der Waals surface area (Å²) in [5, 5.41) is 0. The first-order valence-electron chi connectivity index (χ1n) is 10.7. The number of unbranched alkanes of at least 4 members (excludes halogenated alkanes) is 1. The van der Waals surface area contributed by atoms with Crippen LogP contribution in [0.1, 0.15) is 31.7 Å². The smallest absolute Gasteiger partial charge is 0.320 e. The van der Waals surface area contributed by atoms with Crippen LogP contribution >= 0.6 is 0 Å². The number of rotatable bonds is 10. The highest BCUT2D eigenvalue weighted by Gasteiger charge is 2.19. The van der Waals surface area contributed by atoms with Crippen molar-refractivity contribution in [1.29, 1.82) is 0 Å². The van der Waals surface area contributed by atoms with Crippen molar-refractivity contribution in [2.24, 2.45) is 0 Å². The topological polar surface area (TPSA) is 92.0 Å². The zero-order valence-electron chi connectivity index (χ0n) is 17.7. The Morgan fingerprint density at radius 3 is 2.71 bits per heavy atom. The molecule has 2 N–H and O–H groups in total. The molecule has 0 unspecified atom stereocenters. The summed E-state index contributed by atoms with van der Waals surface area (Å²) in [6, 6.07) is 14.2. The monoisotopic (exact) mass is 417 g/mol. The summed E-state index contributed by atoms with van der Waals surface area (Å²) in [6.45, 7) is 3.34. The van der Waals surface area contributed by atoms with Gasteiger partial charge in [0.05, 0.1) is 12.9 Å². The first kappa shape index (κ1) is 20.7. The predicted molar refractivity (Wildman–Crippen MR) is 122 cm³/mol. The number of furan rings is 1. The largest absolute Gasteiger partial charge is 0.463 e. The van der Waals surface area contributed by atoms with Gasteiger partial charge in [-0.15, -0.1) is 0 Å². The summed E-state index contributed by atoms with van der Waals surface area (Å²) < 4.78 is 13.5. The van der Waals surface area contributed by atoms with Gasteiger partial charge in [0.2, 0.25) is 0 Å². The van der Waals surface area contributed by atoms with E-state index >= 15 is 0 Å². The maximum absolute atomic E-state index is 6.22. The van der Waals surface area contributed by atoms with Gasteiger partial charge in [-0.25, -0.2) is 4.98 Å². The van der Waals surface area contributed by atoms with Crippen molar-refractivity contribution in [3.8, 4) is 17.6 Å². The average Bonchev–Trinajstić information content (AvgIpc) is 3.43. The number of hydrogen-bond donors (Lipinski definition) is 1. The molecule has 0 radical (unpaired) electrons. The molecule has 1 aromatic carbocycles. The van der Waals surface area contributed by atoms with Crippen molar-refractivity contribution in [1.82, 2.24) is 19.5 Å². The number of aromatic nitrogens is 4. The van der Waals surface area contributed by atoms with Crippen LogP contribution in [0.5, 0.6) is 6.01 Å². The van der Waals surface area contributed by atoms with Crippen LogP contribution in [0.4, 0.5) is 5.82 Å². The van der Waals surface area contributed by atoms with Crippen molar-refractivity contribution < 1.29 is 9.15 Å². The number of ether oxygens (including phenoxy) is 1. The lowest BCUT2D eigenvalue weighted by molar-refractivity contribution is 0.297. The van der Waals surface area contributed by atoms with Crippen LogP contribution in [0.2, 0.25) is 0 Å². The molecule has 0 atom stereocenters. The Labute approximate surface area is 181 Å². The number of allylic oxidation sites excluding steroid dienone is 2. The van der Waals surface area contributed by atoms with Gasteiger partial charge in [-0.05, 0) is 37.0 Å². The predicted octanol–water partition coefficient (Wildman–Crippen LogP) is 5.04. The molecular formula is C24H27N5O2. The van der Waals surface area contributed by atoms with Crippen molar-refractivity contribution in [3.63, 3.8) is 0 Å². The second-order valence-electron chi connectivity index (χ2n) is 7.23. The summed E-state index contributed by atoms with van der Waals surface area (Å²) in [5.74, 6) is 1.67. The number of hydrogen-bond acceptors (Lipinski definition) is 6. The fraction of sp³-hybridized carbons (Fsp3) is 0.292. The van der Waals surface area contributed by atoms with Gasteiger partial charge >= 0.3 is 6.01 Å². The number of aryl methyl sites for hydroxylation is 1. The number of imidazole rings is 1. The molecule has 0 spiro atoms. The van der Waals surface area contributed by atoms with E-state index in [2.05, 4.69) is 46.2 Å². The number of nitrogens with two attached hydrogens (primary N) is 1. The molecule has 0 saturated carbocycles. The average molecular weight is 418 g/mol. The van der Waals surface area contributed by atoms with Crippen LogP contribution in [0.25, 0.3) is 22.7 Å². The van der Waals surface area contributed by atoms with E-state index in [1.807, 2.05) is 34.9 Å². The van der Waals surface area contributed by atoms with Gasteiger partial charge in [0, 0.05) is 13.0 Å². The van der Waals surface area contributed by atoms with Gasteiger partial charge in [0.1, 0.15) is 0 Å². The molecule has 31 heavy (non-hydrogen) atoms. The van der Waals surface area contributed by atoms with Gasteiger partial charge < -0.3 is 19.5 Å². The summed E-state index contributed by atoms with van der Waals surface area (Å²) in [4.78, 5) is 13.6. The molecule has 0 bridgehead atoms. The van der Waals surface area contributed by atoms with Gasteiger partial charge in [0.25, 0.3) is 0 Å². The summed E-state index contributed by atoms with van der Waals surface area (Å²) >= 11 is 0. The molecule has 7 nitrogen and oxygen atoms in total. The molecule has 160 valence electrons. The quantitative estimate of drug-likeness (QED) is 0.287. The molecule has 4 aromatic rings. The highest BCUT2D eigenvalue weighted by Crippen LogP contribution is 2.28. The Balaban J connectivity index is 1.59. The third-order valence-electron chi connectivity index (χ3n) is 4.96. The van der Waals surface area contributed by atoms with E-state index in [0.717, 1.165) is 32.2 Å². The lowest BCUT2D eigenvalue weighted by Crippen LogP contribution is -2.07. The van der Waals surface area contributed by atoms with Crippen LogP contribution in [-0.4, -0.2) is 26.1 Å². The second-order valence-corrected chi connectivity index (χ2v) is 7.23. The van der Waals surface area contributed by atoms with E-state index in [-0.39, 0.29) is 6.01 Å². The third-order valence-corrected chi connectivity index (χ3v) is 4.96. The summed E-state index contributed by atoms with van der Waals surface area (Å²) in [7, 11) is 0. The van der Waals surface area contributed by atoms with Crippen molar-refractivity contribution in [2.45, 2.75) is 39.2 Å². The van der Waals surface area contributed by atoms with Crippen LogP contribution in [0.15, 0.2) is 65.3 Å². The standard InChI is InChI=1S/C24H27N5O2/c1-2-3-4-5-9-15-29-22(19-13-10-16-30-19)26-20-21(25)27-24(28-23(20)29)31-17-14-18-11-7-6-8-12-18/h3-4,6-8,10-13,16H,2,5,9,14-15,17H2,1H3,(H2,25,27,28)/b4-3+. The van der Waals surface area contributed by atoms with Crippen molar-refractivity contribution in [2.75, 3.05) is 12.3 Å². The van der Waals surface area contributed by atoms with Crippen molar-refractivity contribution >= 4 is 17.0 Å². The SMILES string of the molecule is CC/C=C/CCCn1c(-c2ccco2)nc2c(N)nc(OCCc3ccccc3)nc21. The van der Waals surface area contributed by atoms with E-state index in [0.29, 0.717) is 35.2 Å². The minimum absolute atomic E-state index is 0.263. The number of nitrogen functional groups attached to an aromatic ring is 1. The molecular weight excluding hydrogens is 390 g/mol. The second kappa shape index (κ2) is 9.93. The number of nitrogens with zero attached hydrogens (tertiary/aromatic N) is 4. The van der Waals surface area contributed by atoms with Crippen molar-refractivity contribution in [3.05, 3.63) is 66.4 Å². The maximum atomic E-state index is 6.22. The first-order chi connectivity index (χ1) is 15.3. The third kappa shape index (κ3) is 4.94. The van der Waals surface area contributed by atoms with E-state index < -0.39 is 0 Å². The Bertz CT molecular complexity index is 1130. The van der Waals surface area contributed by atoms with Gasteiger partial charge in [-0.1, -0.05) is 49.4 Å². The Morgan fingerprint density at radius 1 is 1.06 bits per heavy atom. The zero-order chi connectivity index (χ0) is 21.5. The number of fused-ring (bicyclic) bond motifs is 1. The summed E-state index contributed by atoms with van der Waals surface area (Å²) in [5.41, 5.74) is 8.64. The van der Waals surface area contributed by atoms with Gasteiger partial charge in [-0.2, -0.15) is 9.97 Å². The maximum Gasteiger partial charge on any atom is 0.320 e. The lowest BCUT2D eigenvalue weighted by Gasteiger charge is -2.08. The molecule has 0 saturated heterocycles. The van der Waals surface area contributed by atoms with E-state index in [4.69, 9.17) is 14.9 Å². The highest BCUT2D eigenvalue weighted by atomic mass is 16.5. The lowest BCUT2D eigenvalue weighted by atomic mass is 10.2. The number of anilines is 1. The fourth-order valence-corrected chi connectivity index (χ4v) is 3.43. The van der Waals surface area contributed by atoms with E-state index in [1.165, 1.54) is 5.56 Å². The molecule has 3 aromatic heterocycles. The first-order valence-corrected chi connectivity index (χ1v) is 10.7. The van der Waals surface area contributed by atoms with Crippen LogP contribution < -0.4 is 10.5 Å². The summed E-state index contributed by atoms with van der Waals surface area (Å²) in [6.07, 6.45) is 9.75. The van der Waals surface area contributed by atoms with Crippen LogP contribution in [0.3, 0.4) is 0 Å². The molecule has 0 aliphatic heterocycles. The Kier molecular flexibility index (Phi) is 6.62. The molecule has 0 amide bonds. The fourth-order valence-electron chi connectivity index (χ4n) is 3.43. The van der Waals surface area contributed by atoms with E-state index in [1.54, 1.807) is 6.26 Å². The molecule has 0 aliphatic carbocycles.